The molecule has 4 rings (SSSR count). The molecule has 2 saturated carbocycles. The summed E-state index contributed by atoms with van der Waals surface area (Å²) in [6, 6.07) is 0. The number of carbonyl (C=O) groups excluding carboxylic acids is 1. The number of hydrogen-bond donors (Lipinski definition) is 1. The van der Waals surface area contributed by atoms with Gasteiger partial charge < -0.3 is 29.0 Å². The first-order valence-corrected chi connectivity index (χ1v) is 11.2. The van der Waals surface area contributed by atoms with E-state index in [0.717, 1.165) is 25.7 Å². The topological polar surface area (TPSA) is 77.5 Å². The van der Waals surface area contributed by atoms with Gasteiger partial charge in [0.25, 0.3) is 0 Å². The number of hydrogen-bond acceptors (Lipinski definition) is 6. The summed E-state index contributed by atoms with van der Waals surface area (Å²) >= 11 is 0. The molecule has 1 N–H and O–H groups in total. The number of amides is 1. The molecule has 166 valence electrons. The molecule has 29 heavy (non-hydrogen) atoms. The van der Waals surface area contributed by atoms with E-state index in [2.05, 4.69) is 13.8 Å². The van der Waals surface area contributed by atoms with Crippen LogP contribution in [0, 0.1) is 22.7 Å². The molecule has 4 fully saturated rings. The molecule has 0 bridgehead atoms. The van der Waals surface area contributed by atoms with Gasteiger partial charge in [0.2, 0.25) is 5.91 Å². The van der Waals surface area contributed by atoms with Crippen molar-refractivity contribution in [2.24, 2.45) is 22.7 Å². The Bertz CT molecular complexity index is 596. The molecule has 0 aromatic heterocycles. The van der Waals surface area contributed by atoms with Crippen LogP contribution in [0.2, 0.25) is 0 Å². The third-order valence-corrected chi connectivity index (χ3v) is 8.29. The highest BCUT2D eigenvalue weighted by molar-refractivity contribution is 5.76. The second-order valence-electron chi connectivity index (χ2n) is 9.87. The molecule has 2 saturated heterocycles. The van der Waals surface area contributed by atoms with Gasteiger partial charge in [-0.25, -0.2) is 0 Å². The Labute approximate surface area is 174 Å². The molecule has 2 aliphatic heterocycles. The molecule has 0 aromatic rings. The highest BCUT2D eigenvalue weighted by Crippen LogP contribution is 2.62. The summed E-state index contributed by atoms with van der Waals surface area (Å²) in [6.07, 6.45) is 3.43. The minimum atomic E-state index is -0.423. The molecule has 1 amide bonds. The van der Waals surface area contributed by atoms with E-state index >= 15 is 0 Å². The minimum Gasteiger partial charge on any atom is -0.393 e. The predicted molar refractivity (Wildman–Crippen MR) is 106 cm³/mol. The van der Waals surface area contributed by atoms with Crippen molar-refractivity contribution in [2.75, 3.05) is 46.6 Å². The van der Waals surface area contributed by atoms with Crippen molar-refractivity contribution in [1.29, 1.82) is 0 Å². The van der Waals surface area contributed by atoms with Gasteiger partial charge in [-0.1, -0.05) is 13.8 Å². The number of fused-ring (bicyclic) bond motifs is 3. The maximum Gasteiger partial charge on any atom is 0.223 e. The molecule has 7 nitrogen and oxygen atoms in total. The Balaban J connectivity index is 1.51. The van der Waals surface area contributed by atoms with Crippen LogP contribution in [0.1, 0.15) is 46.0 Å². The van der Waals surface area contributed by atoms with E-state index < -0.39 is 6.10 Å². The van der Waals surface area contributed by atoms with Crippen LogP contribution in [-0.2, 0) is 23.7 Å². The van der Waals surface area contributed by atoms with E-state index in [1.807, 2.05) is 4.90 Å². The Morgan fingerprint density at radius 1 is 1.17 bits per heavy atom. The summed E-state index contributed by atoms with van der Waals surface area (Å²) in [5.74, 6) is 0.497. The summed E-state index contributed by atoms with van der Waals surface area (Å²) < 4.78 is 22.9. The lowest BCUT2D eigenvalue weighted by Crippen LogP contribution is -2.63. The fourth-order valence-corrected chi connectivity index (χ4v) is 6.64. The number of nitrogens with zero attached hydrogens (tertiary/aromatic N) is 1. The third-order valence-electron chi connectivity index (χ3n) is 8.29. The highest BCUT2D eigenvalue weighted by atomic mass is 16.7. The number of methoxy groups -OCH3 is 1. The summed E-state index contributed by atoms with van der Waals surface area (Å²) in [6.45, 7) is 8.19. The minimum absolute atomic E-state index is 0.0222. The maximum absolute atomic E-state index is 13.0. The van der Waals surface area contributed by atoms with Crippen LogP contribution in [0.5, 0.6) is 0 Å². The van der Waals surface area contributed by atoms with Gasteiger partial charge in [-0.3, -0.25) is 4.79 Å². The molecule has 7 atom stereocenters. The summed E-state index contributed by atoms with van der Waals surface area (Å²) in [7, 11) is 1.66. The van der Waals surface area contributed by atoms with Gasteiger partial charge in [0.15, 0.2) is 6.29 Å². The lowest BCUT2D eigenvalue weighted by Gasteiger charge is -2.63. The molecular weight excluding hydrogens is 374 g/mol. The first-order chi connectivity index (χ1) is 13.9. The van der Waals surface area contributed by atoms with E-state index in [1.54, 1.807) is 7.11 Å². The molecule has 2 heterocycles. The smallest absolute Gasteiger partial charge is 0.223 e. The molecule has 0 spiro atoms. The van der Waals surface area contributed by atoms with Crippen molar-refractivity contribution in [3.8, 4) is 0 Å². The summed E-state index contributed by atoms with van der Waals surface area (Å²) in [5, 5.41) is 10.9. The van der Waals surface area contributed by atoms with Gasteiger partial charge in [-0.2, -0.15) is 0 Å². The standard InChI is InChI=1S/C22H37NO6/c1-21-7-6-18-22(2,14-28-20(29-18)13-26-3)17(21)5-4-16(24)15(21)12-19(25)23-8-10-27-11-9-23/h15-18,20,24H,4-14H2,1-3H3/t15-,16-,17-,18-,20-,21+,22+/m1/s1. The van der Waals surface area contributed by atoms with E-state index in [-0.39, 0.29) is 35.0 Å². The van der Waals surface area contributed by atoms with Crippen LogP contribution in [0.15, 0.2) is 0 Å². The van der Waals surface area contributed by atoms with Crippen LogP contribution in [-0.4, -0.2) is 81.0 Å². The Morgan fingerprint density at radius 3 is 2.66 bits per heavy atom. The van der Waals surface area contributed by atoms with Gasteiger partial charge in [0, 0.05) is 32.0 Å². The predicted octanol–water partition coefficient (Wildman–Crippen LogP) is 1.82. The van der Waals surface area contributed by atoms with Gasteiger partial charge in [0.1, 0.15) is 0 Å². The molecule has 4 aliphatic rings. The SMILES string of the molecule is COC[C@@H]1OC[C@@]2(C)[C@@H]3CC[C@@H](O)[C@@H](CC(=O)N4CCOCC4)[C@]3(C)CC[C@H]2O1. The average Bonchev–Trinajstić information content (AvgIpc) is 2.72. The highest BCUT2D eigenvalue weighted by Gasteiger charge is 2.61. The zero-order valence-corrected chi connectivity index (χ0v) is 18.1. The number of aliphatic hydroxyl groups is 1. The monoisotopic (exact) mass is 411 g/mol. The molecule has 7 heteroatoms. The number of morpholine rings is 1. The van der Waals surface area contributed by atoms with Gasteiger partial charge in [-0.15, -0.1) is 0 Å². The molecule has 2 aliphatic carbocycles. The van der Waals surface area contributed by atoms with Crippen LogP contribution in [0.4, 0.5) is 0 Å². The first-order valence-electron chi connectivity index (χ1n) is 11.2. The Hall–Kier alpha value is -0.730. The van der Waals surface area contributed by atoms with E-state index in [0.29, 0.717) is 51.9 Å². The Kier molecular flexibility index (Phi) is 6.24. The van der Waals surface area contributed by atoms with Crippen LogP contribution in [0.25, 0.3) is 0 Å². The van der Waals surface area contributed by atoms with Crippen molar-refractivity contribution < 1.29 is 28.8 Å². The fraction of sp³-hybridized carbons (Fsp3) is 0.955. The molecule has 0 unspecified atom stereocenters. The number of aliphatic hydroxyl groups excluding tert-OH is 1. The lowest BCUT2D eigenvalue weighted by molar-refractivity contribution is -0.316. The van der Waals surface area contributed by atoms with E-state index in [1.165, 1.54) is 0 Å². The maximum atomic E-state index is 13.0. The molecule has 0 aromatic carbocycles. The van der Waals surface area contributed by atoms with E-state index in [9.17, 15) is 9.90 Å². The van der Waals surface area contributed by atoms with Crippen molar-refractivity contribution in [1.82, 2.24) is 4.90 Å². The fourth-order valence-electron chi connectivity index (χ4n) is 6.64. The largest absolute Gasteiger partial charge is 0.393 e. The lowest BCUT2D eigenvalue weighted by atomic mass is 9.46. The van der Waals surface area contributed by atoms with Crippen molar-refractivity contribution in [2.45, 2.75) is 64.4 Å². The zero-order chi connectivity index (χ0) is 20.6. The second-order valence-corrected chi connectivity index (χ2v) is 9.87. The quantitative estimate of drug-likeness (QED) is 0.760. The van der Waals surface area contributed by atoms with Crippen molar-refractivity contribution in [3.63, 3.8) is 0 Å². The van der Waals surface area contributed by atoms with Gasteiger partial charge in [0.05, 0.1) is 38.6 Å². The van der Waals surface area contributed by atoms with E-state index in [4.69, 9.17) is 18.9 Å². The summed E-state index contributed by atoms with van der Waals surface area (Å²) in [4.78, 5) is 14.9. The van der Waals surface area contributed by atoms with Crippen molar-refractivity contribution in [3.05, 3.63) is 0 Å². The van der Waals surface area contributed by atoms with Gasteiger partial charge in [-0.05, 0) is 42.9 Å². The molecular formula is C22H37NO6. The third kappa shape index (κ3) is 3.85. The normalized spacial score (nSPS) is 45.4. The Morgan fingerprint density at radius 2 is 1.93 bits per heavy atom. The van der Waals surface area contributed by atoms with Crippen LogP contribution < -0.4 is 0 Å². The number of ether oxygens (including phenoxy) is 4. The van der Waals surface area contributed by atoms with Crippen LogP contribution >= 0.6 is 0 Å². The van der Waals surface area contributed by atoms with Crippen LogP contribution in [0.3, 0.4) is 0 Å². The van der Waals surface area contributed by atoms with Gasteiger partial charge >= 0.3 is 0 Å². The number of rotatable bonds is 4. The van der Waals surface area contributed by atoms with Crippen molar-refractivity contribution >= 4 is 5.91 Å². The average molecular weight is 412 g/mol. The second kappa shape index (κ2) is 8.42. The summed E-state index contributed by atoms with van der Waals surface area (Å²) in [5.41, 5.74) is -0.191. The number of carbonyl (C=O) groups is 1. The molecule has 0 radical (unpaired) electrons. The first kappa shape index (κ1) is 21.5. The zero-order valence-electron chi connectivity index (χ0n) is 18.1.